The van der Waals surface area contributed by atoms with Gasteiger partial charge in [0.1, 0.15) is 10.6 Å². The summed E-state index contributed by atoms with van der Waals surface area (Å²) in [7, 11) is 0. The van der Waals surface area contributed by atoms with Crippen LogP contribution in [0.1, 0.15) is 6.92 Å². The highest BCUT2D eigenvalue weighted by atomic mass is 32.2. The van der Waals surface area contributed by atoms with E-state index in [0.717, 1.165) is 4.38 Å². The highest BCUT2D eigenvalue weighted by Gasteiger charge is 2.17. The van der Waals surface area contributed by atoms with Crippen LogP contribution in [-0.2, 0) is 9.47 Å². The van der Waals surface area contributed by atoms with Crippen molar-refractivity contribution in [1.29, 1.82) is 0 Å². The van der Waals surface area contributed by atoms with Gasteiger partial charge in [-0.25, -0.2) is 0 Å². The Balaban J connectivity index is 1.99. The molecule has 1 rings (SSSR count). The van der Waals surface area contributed by atoms with E-state index in [2.05, 4.69) is 17.1 Å². The fourth-order valence-corrected chi connectivity index (χ4v) is 3.15. The number of ether oxygens (including phenoxy) is 2. The van der Waals surface area contributed by atoms with E-state index in [1.165, 1.54) is 0 Å². The number of hydrogen-bond acceptors (Lipinski definition) is 7. The Morgan fingerprint density at radius 1 is 1.73 bits per heavy atom. The minimum Gasteiger partial charge on any atom is -0.473 e. The van der Waals surface area contributed by atoms with Gasteiger partial charge in [0.05, 0.1) is 5.76 Å². The summed E-state index contributed by atoms with van der Waals surface area (Å²) in [6, 6.07) is 0. The molecule has 0 radical (unpaired) electrons. The molecule has 1 aliphatic rings. The summed E-state index contributed by atoms with van der Waals surface area (Å²) in [6.07, 6.45) is 2.05. The SMILES string of the molecule is C=C(C)OCOCSC1=NNC(SC)S1. The molecule has 1 unspecified atom stereocenters. The van der Waals surface area contributed by atoms with Crippen molar-refractivity contribution in [2.75, 3.05) is 19.0 Å². The third-order valence-corrected chi connectivity index (χ3v) is 4.61. The van der Waals surface area contributed by atoms with Crippen molar-refractivity contribution in [3.8, 4) is 0 Å². The standard InChI is InChI=1S/C8H14N2O2S3/c1-6(2)12-4-11-5-14-8-10-9-7(13-3)15-8/h7,9H,1,4-5H2,2-3H3. The molecule has 1 atom stereocenters. The first kappa shape index (κ1) is 13.1. The smallest absolute Gasteiger partial charge is 0.189 e. The van der Waals surface area contributed by atoms with Crippen molar-refractivity contribution in [2.45, 2.75) is 11.6 Å². The summed E-state index contributed by atoms with van der Waals surface area (Å²) in [5, 5.41) is 4.15. The number of thioether (sulfide) groups is 3. The van der Waals surface area contributed by atoms with Gasteiger partial charge in [-0.1, -0.05) is 30.1 Å². The van der Waals surface area contributed by atoms with E-state index in [1.54, 1.807) is 42.2 Å². The Bertz CT molecular complexity index is 248. The van der Waals surface area contributed by atoms with Gasteiger partial charge in [-0.3, -0.25) is 5.43 Å². The predicted octanol–water partition coefficient (Wildman–Crippen LogP) is 2.46. The molecule has 4 nitrogen and oxygen atoms in total. The highest BCUT2D eigenvalue weighted by molar-refractivity contribution is 8.42. The largest absolute Gasteiger partial charge is 0.473 e. The molecule has 0 aromatic heterocycles. The van der Waals surface area contributed by atoms with Gasteiger partial charge in [0.2, 0.25) is 0 Å². The summed E-state index contributed by atoms with van der Waals surface area (Å²) >= 11 is 4.99. The molecule has 0 amide bonds. The lowest BCUT2D eigenvalue weighted by atomic mass is 10.7. The minimum absolute atomic E-state index is 0.250. The summed E-state index contributed by atoms with van der Waals surface area (Å²) in [5.74, 6) is 1.21. The van der Waals surface area contributed by atoms with Gasteiger partial charge in [-0.2, -0.15) is 5.10 Å². The molecule has 0 fully saturated rings. The minimum atomic E-state index is 0.250. The monoisotopic (exact) mass is 266 g/mol. The molecule has 0 aromatic rings. The molecule has 86 valence electrons. The number of hydrazone groups is 1. The van der Waals surface area contributed by atoms with Crippen molar-refractivity contribution < 1.29 is 9.47 Å². The van der Waals surface area contributed by atoms with Crippen LogP contribution in [0, 0.1) is 0 Å². The first-order valence-corrected chi connectivity index (χ1v) is 7.39. The highest BCUT2D eigenvalue weighted by Crippen LogP contribution is 2.30. The second-order valence-electron chi connectivity index (χ2n) is 2.62. The van der Waals surface area contributed by atoms with Gasteiger partial charge < -0.3 is 9.47 Å². The van der Waals surface area contributed by atoms with Crippen LogP contribution in [-0.4, -0.2) is 28.1 Å². The molecule has 1 N–H and O–H groups in total. The molecular formula is C8H14N2O2S3. The lowest BCUT2D eigenvalue weighted by Gasteiger charge is -2.05. The van der Waals surface area contributed by atoms with Crippen molar-refractivity contribution in [3.63, 3.8) is 0 Å². The number of nitrogens with zero attached hydrogens (tertiary/aromatic N) is 1. The van der Waals surface area contributed by atoms with E-state index in [4.69, 9.17) is 9.47 Å². The molecule has 0 bridgehead atoms. The van der Waals surface area contributed by atoms with E-state index >= 15 is 0 Å². The van der Waals surface area contributed by atoms with Gasteiger partial charge in [-0.05, 0) is 13.2 Å². The van der Waals surface area contributed by atoms with Crippen LogP contribution in [0.2, 0.25) is 0 Å². The Kier molecular flexibility index (Phi) is 6.39. The molecule has 1 aliphatic heterocycles. The number of allylic oxidation sites excluding steroid dienone is 1. The van der Waals surface area contributed by atoms with Crippen LogP contribution in [0.4, 0.5) is 0 Å². The predicted molar refractivity (Wildman–Crippen MR) is 69.8 cm³/mol. The molecule has 0 aliphatic carbocycles. The van der Waals surface area contributed by atoms with Crippen LogP contribution in [0.3, 0.4) is 0 Å². The Morgan fingerprint density at radius 3 is 3.13 bits per heavy atom. The molecule has 0 aromatic carbocycles. The Labute approximate surface area is 103 Å². The van der Waals surface area contributed by atoms with Gasteiger partial charge >= 0.3 is 0 Å². The summed E-state index contributed by atoms with van der Waals surface area (Å²) < 4.78 is 11.6. The van der Waals surface area contributed by atoms with Crippen molar-refractivity contribution in [2.24, 2.45) is 5.10 Å². The van der Waals surface area contributed by atoms with E-state index in [1.807, 2.05) is 6.26 Å². The van der Waals surface area contributed by atoms with E-state index in [-0.39, 0.29) is 6.79 Å². The normalized spacial score (nSPS) is 19.6. The van der Waals surface area contributed by atoms with Crippen molar-refractivity contribution >= 4 is 39.7 Å². The van der Waals surface area contributed by atoms with Gasteiger partial charge in [0.15, 0.2) is 11.2 Å². The maximum absolute atomic E-state index is 5.23. The van der Waals surface area contributed by atoms with Crippen LogP contribution >= 0.6 is 35.3 Å². The fourth-order valence-electron chi connectivity index (χ4n) is 0.685. The molecule has 0 saturated carbocycles. The van der Waals surface area contributed by atoms with Crippen LogP contribution in [0.5, 0.6) is 0 Å². The van der Waals surface area contributed by atoms with E-state index in [0.29, 0.717) is 16.4 Å². The summed E-state index contributed by atoms with van der Waals surface area (Å²) in [5.41, 5.74) is 3.01. The summed E-state index contributed by atoms with van der Waals surface area (Å²) in [6.45, 7) is 5.64. The second-order valence-corrected chi connectivity index (χ2v) is 6.13. The third-order valence-electron chi connectivity index (χ3n) is 1.34. The topological polar surface area (TPSA) is 42.9 Å². The second kappa shape index (κ2) is 7.32. The van der Waals surface area contributed by atoms with Gasteiger partial charge in [-0.15, -0.1) is 11.8 Å². The zero-order valence-corrected chi connectivity index (χ0v) is 11.1. The zero-order valence-electron chi connectivity index (χ0n) is 8.69. The quantitative estimate of drug-likeness (QED) is 0.452. The molecule has 0 spiro atoms. The van der Waals surface area contributed by atoms with E-state index < -0.39 is 0 Å². The fraction of sp³-hybridized carbons (Fsp3) is 0.625. The lowest BCUT2D eigenvalue weighted by molar-refractivity contribution is -0.000241. The van der Waals surface area contributed by atoms with Crippen molar-refractivity contribution in [3.05, 3.63) is 12.3 Å². The number of rotatable bonds is 6. The molecule has 15 heavy (non-hydrogen) atoms. The Morgan fingerprint density at radius 2 is 2.53 bits per heavy atom. The number of hydrogen-bond donors (Lipinski definition) is 1. The number of nitrogens with one attached hydrogen (secondary N) is 1. The average Bonchev–Trinajstić information content (AvgIpc) is 2.65. The average molecular weight is 266 g/mol. The molecule has 0 saturated heterocycles. The van der Waals surface area contributed by atoms with Crippen molar-refractivity contribution in [1.82, 2.24) is 5.43 Å². The van der Waals surface area contributed by atoms with Gasteiger partial charge in [0.25, 0.3) is 0 Å². The van der Waals surface area contributed by atoms with Gasteiger partial charge in [0, 0.05) is 0 Å². The van der Waals surface area contributed by atoms with Crippen LogP contribution in [0.25, 0.3) is 0 Å². The van der Waals surface area contributed by atoms with Crippen LogP contribution < -0.4 is 5.43 Å². The molecule has 7 heteroatoms. The lowest BCUT2D eigenvalue weighted by Crippen LogP contribution is -2.09. The Hall–Kier alpha value is 0.0200. The third kappa shape index (κ3) is 5.60. The maximum Gasteiger partial charge on any atom is 0.189 e. The summed E-state index contributed by atoms with van der Waals surface area (Å²) in [4.78, 5) is 0. The van der Waals surface area contributed by atoms with E-state index in [9.17, 15) is 0 Å². The molecular weight excluding hydrogens is 252 g/mol. The molecule has 1 heterocycles. The zero-order chi connectivity index (χ0) is 11.1. The maximum atomic E-state index is 5.23. The first-order chi connectivity index (χ1) is 7.22. The first-order valence-electron chi connectivity index (χ1n) is 4.24. The van der Waals surface area contributed by atoms with Crippen LogP contribution in [0.15, 0.2) is 17.4 Å².